The number of carbonyl (C=O) groups is 2. The van der Waals surface area contributed by atoms with E-state index in [-0.39, 0.29) is 18.8 Å². The quantitative estimate of drug-likeness (QED) is 0.337. The van der Waals surface area contributed by atoms with Crippen molar-refractivity contribution in [3.8, 4) is 11.3 Å². The second-order valence-electron chi connectivity index (χ2n) is 9.78. The summed E-state index contributed by atoms with van der Waals surface area (Å²) in [4.78, 5) is 42.4. The molecule has 2 N–H and O–H groups in total. The van der Waals surface area contributed by atoms with E-state index in [9.17, 15) is 14.4 Å². The number of nitrogens with zero attached hydrogens (tertiary/aromatic N) is 2. The number of nitrogen functional groups attached to an aromatic ring is 1. The molecule has 5 rings (SSSR count). The summed E-state index contributed by atoms with van der Waals surface area (Å²) >= 11 is 0. The van der Waals surface area contributed by atoms with E-state index in [0.717, 1.165) is 11.1 Å². The van der Waals surface area contributed by atoms with Crippen molar-refractivity contribution in [2.24, 2.45) is 0 Å². The molecule has 4 aromatic rings. The Morgan fingerprint density at radius 3 is 2.17 bits per heavy atom. The number of hydrogen-bond acceptors (Lipinski definition) is 9. The first-order valence-electron chi connectivity index (χ1n) is 12.8. The second kappa shape index (κ2) is 11.2. The Labute approximate surface area is 230 Å². The molecular formula is C30H29N3O7. The van der Waals surface area contributed by atoms with Gasteiger partial charge in [0.1, 0.15) is 42.4 Å². The number of carbonyl (C=O) groups excluding carboxylic acids is 2. The zero-order valence-electron chi connectivity index (χ0n) is 22.3. The van der Waals surface area contributed by atoms with Crippen molar-refractivity contribution in [2.45, 2.75) is 45.6 Å². The normalized spacial score (nSPS) is 18.4. The lowest BCUT2D eigenvalue weighted by molar-refractivity contribution is -0.0581. The standard InChI is InChI=1S/C30H29N3O7/c1-17-4-9-20(10-5-17)28(34)37-16-25-24(40-29(35)21-11-6-18(2)7-12-21)14-26(39-25)33-15-22(27(31)32-30(33)36)23-13-8-19(3)38-23/h4-13,15,24-26H,14,16H2,1-3H3,(H2,31,32,36)/t24-,25+,26+/m1/s1. The first kappa shape index (κ1) is 26.9. The Kier molecular flexibility index (Phi) is 7.52. The van der Waals surface area contributed by atoms with E-state index >= 15 is 0 Å². The van der Waals surface area contributed by atoms with E-state index in [1.165, 1.54) is 10.8 Å². The number of aromatic nitrogens is 2. The number of rotatable bonds is 7. The van der Waals surface area contributed by atoms with Gasteiger partial charge in [-0.2, -0.15) is 4.98 Å². The Hall–Kier alpha value is -4.70. The molecule has 1 saturated heterocycles. The smallest absolute Gasteiger partial charge is 0.351 e. The summed E-state index contributed by atoms with van der Waals surface area (Å²) in [6.45, 7) is 5.43. The molecule has 0 saturated carbocycles. The van der Waals surface area contributed by atoms with Crippen LogP contribution in [0.25, 0.3) is 11.3 Å². The maximum absolute atomic E-state index is 12.9. The van der Waals surface area contributed by atoms with Crippen LogP contribution in [0.2, 0.25) is 0 Å². The number of furan rings is 1. The van der Waals surface area contributed by atoms with Crippen LogP contribution in [0.15, 0.2) is 76.1 Å². The molecular weight excluding hydrogens is 514 g/mol. The zero-order valence-corrected chi connectivity index (χ0v) is 22.3. The Morgan fingerprint density at radius 1 is 0.950 bits per heavy atom. The minimum atomic E-state index is -0.866. The third-order valence-corrected chi connectivity index (χ3v) is 6.69. The summed E-state index contributed by atoms with van der Waals surface area (Å²) < 4.78 is 24.4. The van der Waals surface area contributed by atoms with Gasteiger partial charge in [0.25, 0.3) is 0 Å². The highest BCUT2D eigenvalue weighted by atomic mass is 16.6. The molecule has 3 heterocycles. The Balaban J connectivity index is 1.39. The minimum absolute atomic E-state index is 0.0134. The molecule has 2 aromatic heterocycles. The third kappa shape index (κ3) is 5.81. The van der Waals surface area contributed by atoms with Crippen LogP contribution < -0.4 is 11.4 Å². The summed E-state index contributed by atoms with van der Waals surface area (Å²) in [5.74, 6) is 0.0265. The number of hydrogen-bond donors (Lipinski definition) is 1. The van der Waals surface area contributed by atoms with Gasteiger partial charge in [0, 0.05) is 12.6 Å². The molecule has 206 valence electrons. The van der Waals surface area contributed by atoms with E-state index in [0.29, 0.717) is 28.2 Å². The number of anilines is 1. The van der Waals surface area contributed by atoms with E-state index in [4.69, 9.17) is 24.4 Å². The van der Waals surface area contributed by atoms with Crippen molar-refractivity contribution < 1.29 is 28.2 Å². The van der Waals surface area contributed by atoms with Gasteiger partial charge in [0.15, 0.2) is 0 Å². The molecule has 1 aliphatic rings. The van der Waals surface area contributed by atoms with E-state index in [1.807, 2.05) is 38.1 Å². The fourth-order valence-electron chi connectivity index (χ4n) is 4.43. The van der Waals surface area contributed by atoms with Crippen LogP contribution in [-0.2, 0) is 14.2 Å². The van der Waals surface area contributed by atoms with Crippen LogP contribution in [0, 0.1) is 20.8 Å². The molecule has 3 atom stereocenters. The zero-order chi connectivity index (χ0) is 28.4. The number of ether oxygens (including phenoxy) is 3. The van der Waals surface area contributed by atoms with Crippen LogP contribution >= 0.6 is 0 Å². The predicted molar refractivity (Wildman–Crippen MR) is 146 cm³/mol. The molecule has 0 bridgehead atoms. The largest absolute Gasteiger partial charge is 0.461 e. The molecule has 0 unspecified atom stereocenters. The number of benzene rings is 2. The molecule has 0 aliphatic carbocycles. The molecule has 10 nitrogen and oxygen atoms in total. The molecule has 40 heavy (non-hydrogen) atoms. The fraction of sp³-hybridized carbons (Fsp3) is 0.267. The highest BCUT2D eigenvalue weighted by Gasteiger charge is 2.40. The van der Waals surface area contributed by atoms with Crippen molar-refractivity contribution >= 4 is 17.8 Å². The predicted octanol–water partition coefficient (Wildman–Crippen LogP) is 4.38. The van der Waals surface area contributed by atoms with Gasteiger partial charge in [0.2, 0.25) is 0 Å². The first-order chi connectivity index (χ1) is 19.2. The lowest BCUT2D eigenvalue weighted by Gasteiger charge is -2.19. The van der Waals surface area contributed by atoms with Gasteiger partial charge in [-0.3, -0.25) is 4.57 Å². The van der Waals surface area contributed by atoms with E-state index in [1.54, 1.807) is 43.3 Å². The third-order valence-electron chi connectivity index (χ3n) is 6.69. The summed E-state index contributed by atoms with van der Waals surface area (Å²) in [5, 5.41) is 0. The van der Waals surface area contributed by atoms with Crippen molar-refractivity contribution in [2.75, 3.05) is 12.3 Å². The number of nitrogens with two attached hydrogens (primary N) is 1. The van der Waals surface area contributed by atoms with Gasteiger partial charge >= 0.3 is 17.6 Å². The maximum Gasteiger partial charge on any atom is 0.351 e. The monoisotopic (exact) mass is 543 g/mol. The molecule has 0 amide bonds. The summed E-state index contributed by atoms with van der Waals surface area (Å²) in [6, 6.07) is 17.4. The average Bonchev–Trinajstić information content (AvgIpc) is 3.54. The first-order valence-corrected chi connectivity index (χ1v) is 12.8. The summed E-state index contributed by atoms with van der Waals surface area (Å²) in [5.41, 5.74) is 8.55. The SMILES string of the molecule is Cc1ccc(C(=O)OC[C@@H]2O[C@H](n3cc(-c4ccc(C)o4)c(N)nc3=O)C[C@H]2OC(=O)c2ccc(C)cc2)cc1. The second-order valence-corrected chi connectivity index (χ2v) is 9.78. The molecule has 0 radical (unpaired) electrons. The lowest BCUT2D eigenvalue weighted by Crippen LogP contribution is -2.32. The van der Waals surface area contributed by atoms with Crippen LogP contribution in [0.5, 0.6) is 0 Å². The summed E-state index contributed by atoms with van der Waals surface area (Å²) in [7, 11) is 0. The van der Waals surface area contributed by atoms with Gasteiger partial charge in [-0.15, -0.1) is 0 Å². The Bertz CT molecular complexity index is 1590. The van der Waals surface area contributed by atoms with Crippen molar-refractivity contribution in [1.29, 1.82) is 0 Å². The fourth-order valence-corrected chi connectivity index (χ4v) is 4.43. The van der Waals surface area contributed by atoms with Gasteiger partial charge in [-0.1, -0.05) is 35.4 Å². The van der Waals surface area contributed by atoms with E-state index in [2.05, 4.69) is 4.98 Å². The van der Waals surface area contributed by atoms with Gasteiger partial charge < -0.3 is 24.4 Å². The summed E-state index contributed by atoms with van der Waals surface area (Å²) in [6.07, 6.45) is -0.898. The van der Waals surface area contributed by atoms with Gasteiger partial charge in [-0.05, 0) is 57.2 Å². The van der Waals surface area contributed by atoms with E-state index < -0.39 is 36.1 Å². The van der Waals surface area contributed by atoms with Gasteiger partial charge in [-0.25, -0.2) is 14.4 Å². The minimum Gasteiger partial charge on any atom is -0.461 e. The maximum atomic E-state index is 12.9. The molecule has 1 aliphatic heterocycles. The highest BCUT2D eigenvalue weighted by Crippen LogP contribution is 2.33. The highest BCUT2D eigenvalue weighted by molar-refractivity contribution is 5.90. The van der Waals surface area contributed by atoms with Crippen molar-refractivity contribution in [3.05, 3.63) is 105 Å². The van der Waals surface area contributed by atoms with Crippen LogP contribution in [0.3, 0.4) is 0 Å². The topological polar surface area (TPSA) is 136 Å². The Morgan fingerprint density at radius 2 is 1.57 bits per heavy atom. The number of aryl methyl sites for hydroxylation is 3. The van der Waals surface area contributed by atoms with Crippen molar-refractivity contribution in [1.82, 2.24) is 9.55 Å². The number of esters is 2. The lowest BCUT2D eigenvalue weighted by atomic mass is 10.1. The van der Waals surface area contributed by atoms with Crippen molar-refractivity contribution in [3.63, 3.8) is 0 Å². The van der Waals surface area contributed by atoms with Crippen LogP contribution in [0.1, 0.15) is 50.3 Å². The molecule has 10 heteroatoms. The van der Waals surface area contributed by atoms with Crippen LogP contribution in [-0.4, -0.2) is 40.3 Å². The van der Waals surface area contributed by atoms with Crippen LogP contribution in [0.4, 0.5) is 5.82 Å². The average molecular weight is 544 g/mol. The molecule has 1 fully saturated rings. The molecule has 2 aromatic carbocycles. The van der Waals surface area contributed by atoms with Gasteiger partial charge in [0.05, 0.1) is 16.7 Å². The molecule has 0 spiro atoms.